The summed E-state index contributed by atoms with van der Waals surface area (Å²) in [5.74, 6) is 0. The van der Waals surface area contributed by atoms with Gasteiger partial charge in [0.2, 0.25) is 0 Å². The Morgan fingerprint density at radius 2 is 0.671 bits per heavy atom. The van der Waals surface area contributed by atoms with Crippen molar-refractivity contribution in [1.82, 2.24) is 13.7 Å². The van der Waals surface area contributed by atoms with E-state index >= 15 is 0 Å². The van der Waals surface area contributed by atoms with Crippen LogP contribution in [0.25, 0.3) is 93.6 Å². The standard InChI is InChI=1S/C66H45N3Si/c1-5-22-46(23-6-1)52-30-13-17-35-59(52)69-62-38-20-16-33-55(62)58-34-21-39-63(66(58)69)68-64-44-47(67-60-36-18-14-31-53(60)54-32-15-19-37-61(54)67)40-42-56(64)57-43-41-51(45-65(57)68)70(48-24-7-2-8-25-48,49-26-9-3-10-27-49)50-28-11-4-12-29-50/h1-45H. The molecule has 0 aliphatic rings. The van der Waals surface area contributed by atoms with Crippen LogP contribution in [0.3, 0.4) is 0 Å². The van der Waals surface area contributed by atoms with Gasteiger partial charge in [-0.25, -0.2) is 0 Å². The van der Waals surface area contributed by atoms with Crippen molar-refractivity contribution in [3.05, 3.63) is 273 Å². The molecule has 0 spiro atoms. The molecule has 0 bridgehead atoms. The van der Waals surface area contributed by atoms with E-state index in [0.717, 1.165) is 28.1 Å². The predicted molar refractivity (Wildman–Crippen MR) is 299 cm³/mol. The molecule has 0 fully saturated rings. The summed E-state index contributed by atoms with van der Waals surface area (Å²) in [4.78, 5) is 0. The van der Waals surface area contributed by atoms with Crippen LogP contribution in [0.2, 0.25) is 0 Å². The Balaban J connectivity index is 1.15. The summed E-state index contributed by atoms with van der Waals surface area (Å²) >= 11 is 0. The Labute approximate surface area is 407 Å². The number of hydrogen-bond acceptors (Lipinski definition) is 0. The lowest BCUT2D eigenvalue weighted by atomic mass is 10.0. The molecular formula is C66H45N3Si. The quantitative estimate of drug-likeness (QED) is 0.107. The normalized spacial score (nSPS) is 12.0. The molecule has 0 radical (unpaired) electrons. The van der Waals surface area contributed by atoms with E-state index in [0.29, 0.717) is 0 Å². The van der Waals surface area contributed by atoms with E-state index in [1.54, 1.807) is 0 Å². The van der Waals surface area contributed by atoms with Crippen molar-refractivity contribution in [2.45, 2.75) is 0 Å². The van der Waals surface area contributed by atoms with E-state index in [9.17, 15) is 0 Å². The molecule has 4 heteroatoms. The summed E-state index contributed by atoms with van der Waals surface area (Å²) in [6, 6.07) is 102. The topological polar surface area (TPSA) is 14.8 Å². The first-order chi connectivity index (χ1) is 34.8. The number of hydrogen-bond donors (Lipinski definition) is 0. The monoisotopic (exact) mass is 907 g/mol. The van der Waals surface area contributed by atoms with Gasteiger partial charge in [0.15, 0.2) is 8.07 Å². The third kappa shape index (κ3) is 5.94. The van der Waals surface area contributed by atoms with E-state index < -0.39 is 8.07 Å². The van der Waals surface area contributed by atoms with Gasteiger partial charge in [-0.1, -0.05) is 224 Å². The molecule has 3 nitrogen and oxygen atoms in total. The SMILES string of the molecule is c1ccc(-c2ccccc2-n2c3ccccc3c3cccc(-n4c5cc(-n6c7ccccc7c7ccccc76)ccc5c5ccc([Si](c6ccccc6)(c6ccccc6)c6ccccc6)cc54)c32)cc1. The highest BCUT2D eigenvalue weighted by atomic mass is 28.3. The third-order valence-electron chi connectivity index (χ3n) is 14.8. The Bertz CT molecular complexity index is 4130. The lowest BCUT2D eigenvalue weighted by molar-refractivity contribution is 1.13. The fourth-order valence-electron chi connectivity index (χ4n) is 11.9. The molecule has 0 amide bonds. The first kappa shape index (κ1) is 40.1. The smallest absolute Gasteiger partial charge is 0.179 e. The first-order valence-corrected chi connectivity index (χ1v) is 26.2. The average Bonchev–Trinajstić information content (AvgIpc) is 4.08. The van der Waals surface area contributed by atoms with Crippen molar-refractivity contribution in [1.29, 1.82) is 0 Å². The first-order valence-electron chi connectivity index (χ1n) is 24.2. The summed E-state index contributed by atoms with van der Waals surface area (Å²) < 4.78 is 7.57. The Morgan fingerprint density at radius 3 is 1.27 bits per heavy atom. The van der Waals surface area contributed by atoms with Crippen LogP contribution in [-0.4, -0.2) is 21.8 Å². The molecule has 328 valence electrons. The number of aromatic nitrogens is 3. The zero-order valence-corrected chi connectivity index (χ0v) is 39.3. The molecule has 0 saturated heterocycles. The number of rotatable bonds is 8. The molecule has 0 atom stereocenters. The fourth-order valence-corrected chi connectivity index (χ4v) is 16.6. The molecule has 0 N–H and O–H groups in total. The van der Waals surface area contributed by atoms with Gasteiger partial charge in [-0.3, -0.25) is 0 Å². The summed E-state index contributed by atoms with van der Waals surface area (Å²) in [5.41, 5.74) is 12.8. The van der Waals surface area contributed by atoms with Gasteiger partial charge in [-0.2, -0.15) is 0 Å². The van der Waals surface area contributed by atoms with E-state index in [2.05, 4.69) is 287 Å². The van der Waals surface area contributed by atoms with E-state index in [1.807, 2.05) is 0 Å². The van der Waals surface area contributed by atoms with E-state index in [-0.39, 0.29) is 0 Å². The number of fused-ring (bicyclic) bond motifs is 9. The van der Waals surface area contributed by atoms with Crippen LogP contribution in [0.15, 0.2) is 273 Å². The molecule has 0 aliphatic carbocycles. The second-order valence-electron chi connectivity index (χ2n) is 18.4. The van der Waals surface area contributed by atoms with Crippen LogP contribution in [0.5, 0.6) is 0 Å². The van der Waals surface area contributed by atoms with Crippen LogP contribution >= 0.6 is 0 Å². The number of benzene rings is 11. The van der Waals surface area contributed by atoms with Gasteiger partial charge in [0.1, 0.15) is 0 Å². The van der Waals surface area contributed by atoms with Gasteiger partial charge < -0.3 is 13.7 Å². The molecule has 0 unspecified atom stereocenters. The molecule has 11 aromatic carbocycles. The van der Waals surface area contributed by atoms with Crippen LogP contribution in [0, 0.1) is 0 Å². The lowest BCUT2D eigenvalue weighted by Crippen LogP contribution is -2.74. The summed E-state index contributed by atoms with van der Waals surface area (Å²) in [7, 11) is -2.92. The van der Waals surface area contributed by atoms with Gasteiger partial charge in [-0.15, -0.1) is 0 Å². The van der Waals surface area contributed by atoms with Crippen molar-refractivity contribution >= 4 is 94.2 Å². The van der Waals surface area contributed by atoms with Crippen molar-refractivity contribution in [2.24, 2.45) is 0 Å². The zero-order chi connectivity index (χ0) is 46.2. The molecule has 3 heterocycles. The molecular weight excluding hydrogens is 863 g/mol. The molecule has 14 rings (SSSR count). The van der Waals surface area contributed by atoms with Gasteiger partial charge in [-0.05, 0) is 74.8 Å². The Morgan fingerprint density at radius 1 is 0.243 bits per heavy atom. The highest BCUT2D eigenvalue weighted by Gasteiger charge is 2.41. The van der Waals surface area contributed by atoms with Gasteiger partial charge in [0.25, 0.3) is 0 Å². The minimum Gasteiger partial charge on any atom is -0.309 e. The van der Waals surface area contributed by atoms with Crippen LogP contribution < -0.4 is 20.7 Å². The van der Waals surface area contributed by atoms with Crippen LogP contribution in [-0.2, 0) is 0 Å². The van der Waals surface area contributed by atoms with Crippen molar-refractivity contribution in [3.63, 3.8) is 0 Å². The van der Waals surface area contributed by atoms with Gasteiger partial charge >= 0.3 is 0 Å². The van der Waals surface area contributed by atoms with Crippen LogP contribution in [0.1, 0.15) is 0 Å². The predicted octanol–water partition coefficient (Wildman–Crippen LogP) is 14.0. The van der Waals surface area contributed by atoms with E-state index in [4.69, 9.17) is 0 Å². The second-order valence-corrected chi connectivity index (χ2v) is 22.2. The largest absolute Gasteiger partial charge is 0.309 e. The summed E-state index contributed by atoms with van der Waals surface area (Å²) in [6.07, 6.45) is 0. The second kappa shape index (κ2) is 16.1. The molecule has 3 aromatic heterocycles. The van der Waals surface area contributed by atoms with Gasteiger partial charge in [0.05, 0.1) is 44.5 Å². The molecule has 14 aromatic rings. The molecule has 70 heavy (non-hydrogen) atoms. The third-order valence-corrected chi connectivity index (χ3v) is 19.6. The lowest BCUT2D eigenvalue weighted by Gasteiger charge is -2.34. The highest BCUT2D eigenvalue weighted by molar-refractivity contribution is 7.20. The molecule has 0 saturated carbocycles. The summed E-state index contributed by atoms with van der Waals surface area (Å²) in [5, 5.41) is 12.7. The zero-order valence-electron chi connectivity index (χ0n) is 38.3. The maximum absolute atomic E-state index is 2.92. The Hall–Kier alpha value is -8.96. The maximum atomic E-state index is 2.59. The maximum Gasteiger partial charge on any atom is 0.179 e. The average molecular weight is 908 g/mol. The van der Waals surface area contributed by atoms with Crippen molar-refractivity contribution < 1.29 is 0 Å². The minimum atomic E-state index is -2.92. The minimum absolute atomic E-state index is 1.12. The fraction of sp³-hybridized carbons (Fsp3) is 0. The summed E-state index contributed by atoms with van der Waals surface area (Å²) in [6.45, 7) is 0. The van der Waals surface area contributed by atoms with Crippen molar-refractivity contribution in [2.75, 3.05) is 0 Å². The Kier molecular flexibility index (Phi) is 9.23. The number of nitrogens with zero attached hydrogens (tertiary/aromatic N) is 3. The highest BCUT2D eigenvalue weighted by Crippen LogP contribution is 2.42. The number of para-hydroxylation sites is 5. The van der Waals surface area contributed by atoms with Crippen molar-refractivity contribution in [3.8, 4) is 28.2 Å². The van der Waals surface area contributed by atoms with E-state index in [1.165, 1.54) is 86.3 Å². The van der Waals surface area contributed by atoms with Crippen LogP contribution in [0.4, 0.5) is 0 Å². The molecule has 0 aliphatic heterocycles. The van der Waals surface area contributed by atoms with Gasteiger partial charge in [0, 0.05) is 43.6 Å².